The second-order valence-electron chi connectivity index (χ2n) is 9.32. The van der Waals surface area contributed by atoms with Crippen LogP contribution in [0, 0.1) is 0 Å². The van der Waals surface area contributed by atoms with E-state index in [0.717, 1.165) is 35.2 Å². The van der Waals surface area contributed by atoms with E-state index in [0.29, 0.717) is 42.0 Å². The molecule has 0 saturated heterocycles. The van der Waals surface area contributed by atoms with Crippen LogP contribution in [0.25, 0.3) is 28.2 Å². The minimum atomic E-state index is -0.239. The fourth-order valence-electron chi connectivity index (χ4n) is 4.75. The number of pyridine rings is 1. The summed E-state index contributed by atoms with van der Waals surface area (Å²) in [6.45, 7) is 5.50. The molecule has 0 radical (unpaired) electrons. The van der Waals surface area contributed by atoms with Gasteiger partial charge in [0.15, 0.2) is 0 Å². The molecule has 2 aromatic heterocycles. The molecular weight excluding hydrogens is 468 g/mol. The van der Waals surface area contributed by atoms with E-state index >= 15 is 0 Å². The van der Waals surface area contributed by atoms with Crippen LogP contribution >= 0.6 is 0 Å². The summed E-state index contributed by atoms with van der Waals surface area (Å²) in [4.78, 5) is 44.6. The van der Waals surface area contributed by atoms with Gasteiger partial charge in [0, 0.05) is 62.2 Å². The zero-order chi connectivity index (χ0) is 26.7. The molecule has 194 valence electrons. The van der Waals surface area contributed by atoms with Crippen LogP contribution < -0.4 is 16.6 Å². The van der Waals surface area contributed by atoms with E-state index in [2.05, 4.69) is 24.2 Å². The lowest BCUT2D eigenvalue weighted by Crippen LogP contribution is -2.34. The van der Waals surface area contributed by atoms with Gasteiger partial charge in [-0.15, -0.1) is 0 Å². The number of amides is 2. The largest absolute Gasteiger partial charge is 0.387 e. The van der Waals surface area contributed by atoms with Crippen LogP contribution in [0.3, 0.4) is 0 Å². The third kappa shape index (κ3) is 5.21. The van der Waals surface area contributed by atoms with Crippen molar-refractivity contribution in [1.82, 2.24) is 19.4 Å². The Morgan fingerprint density at radius 3 is 2.54 bits per heavy atom. The number of benzene rings is 1. The Bertz CT molecular complexity index is 1470. The van der Waals surface area contributed by atoms with Gasteiger partial charge in [0.05, 0.1) is 16.6 Å². The second-order valence-corrected chi connectivity index (χ2v) is 9.32. The molecular formula is C28H34N6O3. The standard InChI is InChI=1S/C28H34N6O3/c1-5-10-33(11-6-2)27(36)20-13-18-7-8-19(14-22(18)31-25(29)15-20)24-16-21-23(32(24)4)9-12-34(28(21)37)17-26(35)30-3/h7-9,12-14,16H,5-6,10-11,15,17H2,1-4H3,(H2,29,31)(H,30,35). The normalized spacial score (nSPS) is 13.0. The molecule has 0 aliphatic carbocycles. The monoisotopic (exact) mass is 502 g/mol. The Morgan fingerprint density at radius 2 is 1.86 bits per heavy atom. The van der Waals surface area contributed by atoms with Gasteiger partial charge in [-0.1, -0.05) is 26.0 Å². The summed E-state index contributed by atoms with van der Waals surface area (Å²) in [6.07, 6.45) is 5.61. The Balaban J connectivity index is 1.74. The van der Waals surface area contributed by atoms with Crippen molar-refractivity contribution in [2.24, 2.45) is 17.8 Å². The van der Waals surface area contributed by atoms with E-state index in [-0.39, 0.29) is 23.9 Å². The predicted molar refractivity (Wildman–Crippen MR) is 148 cm³/mol. The van der Waals surface area contributed by atoms with Crippen LogP contribution in [-0.4, -0.2) is 51.8 Å². The zero-order valence-corrected chi connectivity index (χ0v) is 21.9. The number of nitrogens with zero attached hydrogens (tertiary/aromatic N) is 4. The summed E-state index contributed by atoms with van der Waals surface area (Å²) in [5.41, 5.74) is 10.6. The number of carbonyl (C=O) groups excluding carboxylic acids is 2. The fraction of sp³-hybridized carbons (Fsp3) is 0.357. The van der Waals surface area contributed by atoms with Gasteiger partial charge in [-0.05, 0) is 37.1 Å². The van der Waals surface area contributed by atoms with Crippen LogP contribution in [0.2, 0.25) is 0 Å². The summed E-state index contributed by atoms with van der Waals surface area (Å²) < 4.78 is 3.35. The minimum absolute atomic E-state index is 0.000458. The molecule has 3 heterocycles. The highest BCUT2D eigenvalue weighted by molar-refractivity contribution is 6.05. The first kappa shape index (κ1) is 25.9. The lowest BCUT2D eigenvalue weighted by Gasteiger charge is -2.22. The molecule has 1 aromatic carbocycles. The fourth-order valence-corrected chi connectivity index (χ4v) is 4.75. The molecule has 9 heteroatoms. The number of amidine groups is 1. The number of likely N-dealkylation sites (N-methyl/N-ethyl adjacent to an activating group) is 1. The van der Waals surface area contributed by atoms with Gasteiger partial charge in [0.25, 0.3) is 5.56 Å². The van der Waals surface area contributed by atoms with E-state index in [1.54, 1.807) is 13.2 Å². The van der Waals surface area contributed by atoms with Crippen molar-refractivity contribution in [3.8, 4) is 11.3 Å². The van der Waals surface area contributed by atoms with Crippen LogP contribution in [0.1, 0.15) is 38.7 Å². The Hall–Kier alpha value is -4.14. The van der Waals surface area contributed by atoms with Crippen molar-refractivity contribution in [3.05, 3.63) is 58.0 Å². The average Bonchev–Trinajstić information content (AvgIpc) is 3.12. The molecule has 1 aliphatic heterocycles. The molecule has 2 amide bonds. The molecule has 3 aromatic rings. The van der Waals surface area contributed by atoms with Gasteiger partial charge in [-0.25, -0.2) is 4.99 Å². The molecule has 0 fully saturated rings. The van der Waals surface area contributed by atoms with Crippen LogP contribution in [-0.2, 0) is 23.2 Å². The predicted octanol–water partition coefficient (Wildman–Crippen LogP) is 3.18. The Morgan fingerprint density at radius 1 is 1.14 bits per heavy atom. The number of nitrogens with two attached hydrogens (primary N) is 1. The molecule has 0 bridgehead atoms. The number of fused-ring (bicyclic) bond motifs is 2. The van der Waals surface area contributed by atoms with Gasteiger partial charge in [-0.3, -0.25) is 14.4 Å². The van der Waals surface area contributed by atoms with Crippen molar-refractivity contribution in [3.63, 3.8) is 0 Å². The van der Waals surface area contributed by atoms with Crippen LogP contribution in [0.5, 0.6) is 0 Å². The molecule has 37 heavy (non-hydrogen) atoms. The van der Waals surface area contributed by atoms with Gasteiger partial charge in [0.2, 0.25) is 11.8 Å². The van der Waals surface area contributed by atoms with Crippen molar-refractivity contribution in [2.45, 2.75) is 39.7 Å². The quantitative estimate of drug-likeness (QED) is 0.492. The van der Waals surface area contributed by atoms with Gasteiger partial charge in [0.1, 0.15) is 12.4 Å². The Labute approximate surface area is 216 Å². The highest BCUT2D eigenvalue weighted by Gasteiger charge is 2.21. The molecule has 0 unspecified atom stereocenters. The van der Waals surface area contributed by atoms with Crippen molar-refractivity contribution < 1.29 is 9.59 Å². The molecule has 1 aliphatic rings. The maximum absolute atomic E-state index is 13.3. The highest BCUT2D eigenvalue weighted by atomic mass is 16.2. The summed E-state index contributed by atoms with van der Waals surface area (Å²) in [7, 11) is 3.44. The number of hydrogen-bond acceptors (Lipinski definition) is 5. The van der Waals surface area contributed by atoms with Crippen molar-refractivity contribution in [2.75, 3.05) is 20.1 Å². The zero-order valence-electron chi connectivity index (χ0n) is 21.9. The van der Waals surface area contributed by atoms with Crippen LogP contribution in [0.15, 0.2) is 51.9 Å². The molecule has 0 spiro atoms. The number of nitrogens with one attached hydrogen (secondary N) is 1. The smallest absolute Gasteiger partial charge is 0.260 e. The lowest BCUT2D eigenvalue weighted by atomic mass is 10.0. The summed E-state index contributed by atoms with van der Waals surface area (Å²) in [5.74, 6) is 0.148. The van der Waals surface area contributed by atoms with E-state index in [1.807, 2.05) is 52.9 Å². The molecule has 0 atom stereocenters. The average molecular weight is 503 g/mol. The number of aliphatic imine (C=N–C) groups is 1. The summed E-state index contributed by atoms with van der Waals surface area (Å²) in [6, 6.07) is 9.50. The first-order valence-corrected chi connectivity index (χ1v) is 12.6. The molecule has 0 saturated carbocycles. The number of aryl methyl sites for hydroxylation is 1. The van der Waals surface area contributed by atoms with E-state index in [9.17, 15) is 14.4 Å². The SMILES string of the molecule is CCCN(CCC)C(=O)C1=Cc2ccc(-c3cc4c(=O)n(CC(=O)NC)ccc4n3C)cc2N=C(N)C1. The van der Waals surface area contributed by atoms with E-state index in [4.69, 9.17) is 5.73 Å². The lowest BCUT2D eigenvalue weighted by molar-refractivity contribution is -0.127. The van der Waals surface area contributed by atoms with Crippen molar-refractivity contribution >= 4 is 40.3 Å². The molecule has 4 rings (SSSR count). The van der Waals surface area contributed by atoms with E-state index < -0.39 is 0 Å². The van der Waals surface area contributed by atoms with E-state index in [1.165, 1.54) is 4.57 Å². The third-order valence-electron chi connectivity index (χ3n) is 6.62. The number of carbonyl (C=O) groups is 2. The molecule has 9 nitrogen and oxygen atoms in total. The maximum Gasteiger partial charge on any atom is 0.260 e. The first-order chi connectivity index (χ1) is 17.8. The first-order valence-electron chi connectivity index (χ1n) is 12.6. The molecule has 3 N–H and O–H groups in total. The highest BCUT2D eigenvalue weighted by Crippen LogP contribution is 2.33. The maximum atomic E-state index is 13.3. The van der Waals surface area contributed by atoms with Gasteiger partial charge < -0.3 is 25.1 Å². The third-order valence-corrected chi connectivity index (χ3v) is 6.62. The van der Waals surface area contributed by atoms with Crippen molar-refractivity contribution in [1.29, 1.82) is 0 Å². The van der Waals surface area contributed by atoms with Gasteiger partial charge >= 0.3 is 0 Å². The van der Waals surface area contributed by atoms with Crippen LogP contribution in [0.4, 0.5) is 5.69 Å². The minimum Gasteiger partial charge on any atom is -0.387 e. The Kier molecular flexibility index (Phi) is 7.61. The second kappa shape index (κ2) is 10.9. The summed E-state index contributed by atoms with van der Waals surface area (Å²) in [5, 5.41) is 3.07. The summed E-state index contributed by atoms with van der Waals surface area (Å²) >= 11 is 0. The number of rotatable bonds is 8. The topological polar surface area (TPSA) is 115 Å². The number of hydrogen-bond donors (Lipinski definition) is 2. The number of aromatic nitrogens is 2. The van der Waals surface area contributed by atoms with Gasteiger partial charge in [-0.2, -0.15) is 0 Å².